The summed E-state index contributed by atoms with van der Waals surface area (Å²) >= 11 is 3.34. The van der Waals surface area contributed by atoms with Gasteiger partial charge in [-0.15, -0.1) is 0 Å². The molecule has 104 valence electrons. The third-order valence-electron chi connectivity index (χ3n) is 3.44. The van der Waals surface area contributed by atoms with Gasteiger partial charge in [0.2, 0.25) is 0 Å². The highest BCUT2D eigenvalue weighted by Gasteiger charge is 2.23. The second kappa shape index (κ2) is 6.34. The molecule has 0 radical (unpaired) electrons. The molecule has 0 aliphatic carbocycles. The van der Waals surface area contributed by atoms with Crippen LogP contribution in [0.1, 0.15) is 23.2 Å². The summed E-state index contributed by atoms with van der Waals surface area (Å²) in [5, 5.41) is 3.29. The number of rotatable bonds is 3. The van der Waals surface area contributed by atoms with Crippen molar-refractivity contribution in [2.24, 2.45) is 0 Å². The van der Waals surface area contributed by atoms with Gasteiger partial charge in [0, 0.05) is 29.8 Å². The summed E-state index contributed by atoms with van der Waals surface area (Å²) in [5.74, 6) is 0.365. The van der Waals surface area contributed by atoms with E-state index in [1.165, 1.54) is 7.11 Å². The van der Waals surface area contributed by atoms with Crippen molar-refractivity contribution in [2.75, 3.05) is 32.1 Å². The van der Waals surface area contributed by atoms with Crippen LogP contribution in [0.25, 0.3) is 0 Å². The average Bonchev–Trinajstić information content (AvgIpc) is 2.46. The first-order valence-corrected chi connectivity index (χ1v) is 7.11. The number of nitrogens with one attached hydrogen (secondary N) is 1. The van der Waals surface area contributed by atoms with Crippen molar-refractivity contribution in [1.82, 2.24) is 10.3 Å². The van der Waals surface area contributed by atoms with Gasteiger partial charge >= 0.3 is 5.97 Å². The maximum Gasteiger partial charge on any atom is 0.341 e. The Morgan fingerprint density at radius 3 is 2.79 bits per heavy atom. The van der Waals surface area contributed by atoms with Gasteiger partial charge in [-0.2, -0.15) is 0 Å². The second-order valence-electron chi connectivity index (χ2n) is 4.57. The molecule has 0 aromatic carbocycles. The molecule has 1 saturated heterocycles. The normalized spacial score (nSPS) is 16.5. The third kappa shape index (κ3) is 3.25. The maximum atomic E-state index is 11.8. The number of carbonyl (C=O) groups is 1. The number of anilines is 1. The Morgan fingerprint density at radius 2 is 2.21 bits per heavy atom. The molecule has 1 N–H and O–H groups in total. The van der Waals surface area contributed by atoms with Crippen molar-refractivity contribution in [3.05, 3.63) is 22.3 Å². The highest BCUT2D eigenvalue weighted by atomic mass is 79.9. The average molecular weight is 328 g/mol. The van der Waals surface area contributed by atoms with E-state index in [0.29, 0.717) is 17.4 Å². The van der Waals surface area contributed by atoms with E-state index in [9.17, 15) is 4.79 Å². The first-order chi connectivity index (χ1) is 9.15. The molecule has 6 heteroatoms. The molecule has 0 bridgehead atoms. The lowest BCUT2D eigenvalue weighted by Crippen LogP contribution is -2.42. The fourth-order valence-electron chi connectivity index (χ4n) is 2.32. The van der Waals surface area contributed by atoms with Gasteiger partial charge in [0.25, 0.3) is 0 Å². The Kier molecular flexibility index (Phi) is 4.76. The summed E-state index contributed by atoms with van der Waals surface area (Å²) in [6, 6.07) is 2.31. The molecule has 0 saturated carbocycles. The topological polar surface area (TPSA) is 54.5 Å². The number of piperidine rings is 1. The SMILES string of the molecule is CNC1CCN(c2ncc(Br)cc2C(=O)OC)CC1. The lowest BCUT2D eigenvalue weighted by Gasteiger charge is -2.33. The number of halogens is 1. The van der Waals surface area contributed by atoms with E-state index in [4.69, 9.17) is 4.74 Å². The summed E-state index contributed by atoms with van der Waals surface area (Å²) < 4.78 is 5.61. The molecule has 0 amide bonds. The smallest absolute Gasteiger partial charge is 0.341 e. The number of aromatic nitrogens is 1. The monoisotopic (exact) mass is 327 g/mol. The predicted molar refractivity (Wildman–Crippen MR) is 77.6 cm³/mol. The molecule has 0 spiro atoms. The van der Waals surface area contributed by atoms with Crippen molar-refractivity contribution in [3.8, 4) is 0 Å². The number of pyridine rings is 1. The number of nitrogens with zero attached hydrogens (tertiary/aromatic N) is 2. The highest BCUT2D eigenvalue weighted by Crippen LogP contribution is 2.25. The first-order valence-electron chi connectivity index (χ1n) is 6.31. The molecule has 1 fully saturated rings. The fourth-order valence-corrected chi connectivity index (χ4v) is 2.66. The second-order valence-corrected chi connectivity index (χ2v) is 5.48. The minimum atomic E-state index is -0.348. The number of esters is 1. The van der Waals surface area contributed by atoms with Gasteiger partial charge < -0.3 is 15.0 Å². The van der Waals surface area contributed by atoms with Crippen LogP contribution in [0.2, 0.25) is 0 Å². The van der Waals surface area contributed by atoms with Crippen molar-refractivity contribution >= 4 is 27.7 Å². The largest absolute Gasteiger partial charge is 0.465 e. The molecular formula is C13H18BrN3O2. The number of hydrogen-bond acceptors (Lipinski definition) is 5. The van der Waals surface area contributed by atoms with Crippen LogP contribution in [-0.2, 0) is 4.74 Å². The van der Waals surface area contributed by atoms with Gasteiger partial charge in [0.15, 0.2) is 0 Å². The number of carbonyl (C=O) groups excluding carboxylic acids is 1. The number of methoxy groups -OCH3 is 1. The minimum absolute atomic E-state index is 0.348. The Balaban J connectivity index is 2.22. The van der Waals surface area contributed by atoms with E-state index >= 15 is 0 Å². The lowest BCUT2D eigenvalue weighted by atomic mass is 10.0. The van der Waals surface area contributed by atoms with E-state index in [-0.39, 0.29) is 5.97 Å². The summed E-state index contributed by atoms with van der Waals surface area (Å²) in [7, 11) is 3.37. The maximum absolute atomic E-state index is 11.8. The van der Waals surface area contributed by atoms with Gasteiger partial charge in [-0.05, 0) is 41.9 Å². The Bertz CT molecular complexity index is 459. The Morgan fingerprint density at radius 1 is 1.53 bits per heavy atom. The molecule has 1 aliphatic heterocycles. The van der Waals surface area contributed by atoms with Gasteiger partial charge in [0.05, 0.1) is 7.11 Å². The lowest BCUT2D eigenvalue weighted by molar-refractivity contribution is 0.0601. The van der Waals surface area contributed by atoms with E-state index in [1.54, 1.807) is 12.3 Å². The van der Waals surface area contributed by atoms with E-state index in [2.05, 4.69) is 31.1 Å². The zero-order valence-corrected chi connectivity index (χ0v) is 12.7. The van der Waals surface area contributed by atoms with Crippen LogP contribution < -0.4 is 10.2 Å². The van der Waals surface area contributed by atoms with E-state index < -0.39 is 0 Å². The molecule has 5 nitrogen and oxygen atoms in total. The van der Waals surface area contributed by atoms with Crippen molar-refractivity contribution in [3.63, 3.8) is 0 Å². The molecular weight excluding hydrogens is 310 g/mol. The zero-order chi connectivity index (χ0) is 13.8. The Labute approximate surface area is 121 Å². The van der Waals surface area contributed by atoms with E-state index in [1.807, 2.05) is 7.05 Å². The molecule has 2 rings (SSSR count). The molecule has 0 unspecified atom stereocenters. The van der Waals surface area contributed by atoms with Crippen molar-refractivity contribution in [2.45, 2.75) is 18.9 Å². The van der Waals surface area contributed by atoms with Gasteiger partial charge in [0.1, 0.15) is 11.4 Å². The Hall–Kier alpha value is -1.14. The minimum Gasteiger partial charge on any atom is -0.465 e. The summed E-state index contributed by atoms with van der Waals surface area (Å²) in [5.41, 5.74) is 0.514. The van der Waals surface area contributed by atoms with Crippen LogP contribution >= 0.6 is 15.9 Å². The summed E-state index contributed by atoms with van der Waals surface area (Å²) in [6.45, 7) is 1.79. The first kappa shape index (κ1) is 14.3. The van der Waals surface area contributed by atoms with Gasteiger partial charge in [-0.3, -0.25) is 0 Å². The number of hydrogen-bond donors (Lipinski definition) is 1. The molecule has 1 aromatic rings. The van der Waals surface area contributed by atoms with Crippen LogP contribution in [-0.4, -0.2) is 44.2 Å². The molecule has 1 aliphatic rings. The highest BCUT2D eigenvalue weighted by molar-refractivity contribution is 9.10. The molecule has 19 heavy (non-hydrogen) atoms. The quantitative estimate of drug-likeness (QED) is 0.858. The van der Waals surface area contributed by atoms with Crippen LogP contribution in [0.4, 0.5) is 5.82 Å². The van der Waals surface area contributed by atoms with Crippen LogP contribution in [0.15, 0.2) is 16.7 Å². The van der Waals surface area contributed by atoms with Crippen molar-refractivity contribution in [1.29, 1.82) is 0 Å². The fraction of sp³-hybridized carbons (Fsp3) is 0.538. The zero-order valence-electron chi connectivity index (χ0n) is 11.1. The summed E-state index contributed by atoms with van der Waals surface area (Å²) in [4.78, 5) is 18.4. The predicted octanol–water partition coefficient (Wildman–Crippen LogP) is 1.82. The van der Waals surface area contributed by atoms with E-state index in [0.717, 1.165) is 30.4 Å². The van der Waals surface area contributed by atoms with Crippen molar-refractivity contribution < 1.29 is 9.53 Å². The van der Waals surface area contributed by atoms with Gasteiger partial charge in [-0.1, -0.05) is 0 Å². The number of ether oxygens (including phenoxy) is 1. The summed E-state index contributed by atoms with van der Waals surface area (Å²) in [6.07, 6.45) is 3.82. The molecule has 0 atom stereocenters. The molecule has 1 aromatic heterocycles. The third-order valence-corrected chi connectivity index (χ3v) is 3.88. The molecule has 2 heterocycles. The van der Waals surface area contributed by atoms with Gasteiger partial charge in [-0.25, -0.2) is 9.78 Å². The van der Waals surface area contributed by atoms with Crippen LogP contribution in [0.3, 0.4) is 0 Å². The van der Waals surface area contributed by atoms with Crippen LogP contribution in [0, 0.1) is 0 Å². The van der Waals surface area contributed by atoms with Crippen LogP contribution in [0.5, 0.6) is 0 Å². The standard InChI is InChI=1S/C13H18BrN3O2/c1-15-10-3-5-17(6-4-10)12-11(13(18)19-2)7-9(14)8-16-12/h7-8,10,15H,3-6H2,1-2H3.